The number of carbonyl (C=O) groups excluding carboxylic acids is 1. The van der Waals surface area contributed by atoms with Gasteiger partial charge in [-0.15, -0.1) is 0 Å². The predicted octanol–water partition coefficient (Wildman–Crippen LogP) is 3.17. The summed E-state index contributed by atoms with van der Waals surface area (Å²) in [5.41, 5.74) is 2.81. The van der Waals surface area contributed by atoms with Crippen LogP contribution in [-0.4, -0.2) is 67.4 Å². The van der Waals surface area contributed by atoms with Crippen molar-refractivity contribution >= 4 is 21.6 Å². The molecule has 2 saturated heterocycles. The number of aromatic nitrogens is 1. The topological polar surface area (TPSA) is 65.9 Å². The smallest absolute Gasteiger partial charge is 0.257 e. The normalized spacial score (nSPS) is 18.6. The first-order valence-electron chi connectivity index (χ1n) is 11.6. The molecule has 0 radical (unpaired) electrons. The van der Waals surface area contributed by atoms with Gasteiger partial charge < -0.3 is 14.4 Å². The standard InChI is InChI=1S/C24H34N4O3S/c1-19-22(24(29)27-13-9-4-5-10-14-27)23(20(2)25(19)3)32(30,31)28-17-15-26(16-18-28)21-11-7-6-8-12-21/h6-8,11-12H,4-5,9-10,13-18H2,1-3H3. The first-order valence-corrected chi connectivity index (χ1v) is 13.0. The number of anilines is 1. The van der Waals surface area contributed by atoms with Crippen LogP contribution in [-0.2, 0) is 17.1 Å². The molecule has 2 aliphatic rings. The van der Waals surface area contributed by atoms with Crippen molar-refractivity contribution < 1.29 is 13.2 Å². The minimum atomic E-state index is -3.79. The summed E-state index contributed by atoms with van der Waals surface area (Å²) in [6, 6.07) is 10.1. The fourth-order valence-electron chi connectivity index (χ4n) is 4.87. The van der Waals surface area contributed by atoms with Gasteiger partial charge in [0, 0.05) is 63.4 Å². The Morgan fingerprint density at radius 2 is 1.41 bits per heavy atom. The Morgan fingerprint density at radius 1 is 0.812 bits per heavy atom. The lowest BCUT2D eigenvalue weighted by Gasteiger charge is -2.35. The molecule has 1 amide bonds. The van der Waals surface area contributed by atoms with E-state index in [2.05, 4.69) is 4.90 Å². The van der Waals surface area contributed by atoms with E-state index < -0.39 is 10.0 Å². The highest BCUT2D eigenvalue weighted by Gasteiger charge is 2.37. The monoisotopic (exact) mass is 458 g/mol. The van der Waals surface area contributed by atoms with Gasteiger partial charge in [-0.2, -0.15) is 4.31 Å². The molecule has 8 heteroatoms. The van der Waals surface area contributed by atoms with Crippen LogP contribution in [0.2, 0.25) is 0 Å². The van der Waals surface area contributed by atoms with Crippen molar-refractivity contribution in [3.8, 4) is 0 Å². The number of benzene rings is 1. The zero-order valence-electron chi connectivity index (χ0n) is 19.4. The summed E-state index contributed by atoms with van der Waals surface area (Å²) in [7, 11) is -1.94. The van der Waals surface area contributed by atoms with Crippen molar-refractivity contribution in [1.82, 2.24) is 13.8 Å². The molecule has 7 nitrogen and oxygen atoms in total. The van der Waals surface area contributed by atoms with Crippen LogP contribution in [0.5, 0.6) is 0 Å². The average Bonchev–Trinajstić information content (AvgIpc) is 3.00. The summed E-state index contributed by atoms with van der Waals surface area (Å²) in [6.45, 7) is 7.11. The van der Waals surface area contributed by atoms with Crippen molar-refractivity contribution in [2.24, 2.45) is 7.05 Å². The van der Waals surface area contributed by atoms with Crippen LogP contribution in [0.3, 0.4) is 0 Å². The molecule has 3 heterocycles. The van der Waals surface area contributed by atoms with Crippen molar-refractivity contribution in [1.29, 1.82) is 0 Å². The molecule has 0 aliphatic carbocycles. The largest absolute Gasteiger partial charge is 0.369 e. The summed E-state index contributed by atoms with van der Waals surface area (Å²) in [5.74, 6) is -0.144. The van der Waals surface area contributed by atoms with Gasteiger partial charge in [0.2, 0.25) is 10.0 Å². The lowest BCUT2D eigenvalue weighted by atomic mass is 10.2. The van der Waals surface area contributed by atoms with Gasteiger partial charge in [0.1, 0.15) is 4.90 Å². The third-order valence-electron chi connectivity index (χ3n) is 6.99. The van der Waals surface area contributed by atoms with Crippen LogP contribution in [0.1, 0.15) is 47.4 Å². The number of sulfonamides is 1. The Hall–Kier alpha value is -2.32. The first-order chi connectivity index (χ1) is 15.3. The Labute approximate surface area is 191 Å². The maximum absolute atomic E-state index is 13.8. The minimum absolute atomic E-state index is 0.144. The van der Waals surface area contributed by atoms with E-state index in [1.165, 1.54) is 0 Å². The van der Waals surface area contributed by atoms with Gasteiger partial charge in [-0.05, 0) is 38.8 Å². The zero-order valence-corrected chi connectivity index (χ0v) is 20.2. The number of para-hydroxylation sites is 1. The van der Waals surface area contributed by atoms with E-state index in [9.17, 15) is 13.2 Å². The molecule has 32 heavy (non-hydrogen) atoms. The number of amides is 1. The van der Waals surface area contributed by atoms with E-state index in [-0.39, 0.29) is 10.8 Å². The summed E-state index contributed by atoms with van der Waals surface area (Å²) in [5, 5.41) is 0. The fourth-order valence-corrected chi connectivity index (χ4v) is 6.78. The number of carbonyl (C=O) groups is 1. The van der Waals surface area contributed by atoms with E-state index in [1.807, 2.05) is 53.8 Å². The van der Waals surface area contributed by atoms with E-state index >= 15 is 0 Å². The van der Waals surface area contributed by atoms with Crippen LogP contribution in [0, 0.1) is 13.8 Å². The fraction of sp³-hybridized carbons (Fsp3) is 0.542. The maximum Gasteiger partial charge on any atom is 0.257 e. The number of nitrogens with zero attached hydrogens (tertiary/aromatic N) is 4. The third kappa shape index (κ3) is 4.18. The van der Waals surface area contributed by atoms with Gasteiger partial charge in [0.25, 0.3) is 5.91 Å². The molecule has 0 bridgehead atoms. The Kier molecular flexibility index (Phi) is 6.62. The molecule has 0 saturated carbocycles. The summed E-state index contributed by atoms with van der Waals surface area (Å²) >= 11 is 0. The second-order valence-corrected chi connectivity index (χ2v) is 10.7. The second kappa shape index (κ2) is 9.27. The number of hydrogen-bond acceptors (Lipinski definition) is 4. The van der Waals surface area contributed by atoms with E-state index in [1.54, 1.807) is 11.2 Å². The van der Waals surface area contributed by atoms with Crippen molar-refractivity contribution in [2.45, 2.75) is 44.4 Å². The lowest BCUT2D eigenvalue weighted by Crippen LogP contribution is -2.49. The van der Waals surface area contributed by atoms with Crippen LogP contribution in [0.15, 0.2) is 35.2 Å². The summed E-state index contributed by atoms with van der Waals surface area (Å²) in [6.07, 6.45) is 4.18. The third-order valence-corrected chi connectivity index (χ3v) is 9.05. The average molecular weight is 459 g/mol. The molecule has 0 spiro atoms. The SMILES string of the molecule is Cc1c(C(=O)N2CCCCCC2)c(S(=O)(=O)N2CCN(c3ccccc3)CC2)c(C)n1C. The zero-order chi connectivity index (χ0) is 22.9. The molecule has 2 aliphatic heterocycles. The van der Waals surface area contributed by atoms with Crippen LogP contribution in [0.25, 0.3) is 0 Å². The minimum Gasteiger partial charge on any atom is -0.369 e. The Morgan fingerprint density at radius 3 is 2.00 bits per heavy atom. The Bertz CT molecular complexity index is 1060. The van der Waals surface area contributed by atoms with Crippen molar-refractivity contribution in [2.75, 3.05) is 44.2 Å². The molecule has 4 rings (SSSR count). The molecule has 1 aromatic carbocycles. The summed E-state index contributed by atoms with van der Waals surface area (Å²) < 4.78 is 31.0. The van der Waals surface area contributed by atoms with Crippen molar-refractivity contribution in [3.05, 3.63) is 47.3 Å². The first kappa shape index (κ1) is 22.9. The van der Waals surface area contributed by atoms with Gasteiger partial charge in [-0.1, -0.05) is 31.0 Å². The maximum atomic E-state index is 13.8. The van der Waals surface area contributed by atoms with Crippen LogP contribution >= 0.6 is 0 Å². The van der Waals surface area contributed by atoms with Gasteiger partial charge in [0.05, 0.1) is 5.56 Å². The molecule has 0 N–H and O–H groups in total. The second-order valence-electron chi connectivity index (χ2n) is 8.87. The molecule has 1 aromatic heterocycles. The molecule has 174 valence electrons. The lowest BCUT2D eigenvalue weighted by molar-refractivity contribution is 0.0757. The predicted molar refractivity (Wildman–Crippen MR) is 127 cm³/mol. The molecule has 2 aromatic rings. The number of rotatable bonds is 4. The highest BCUT2D eigenvalue weighted by atomic mass is 32.2. The van der Waals surface area contributed by atoms with E-state index in [0.29, 0.717) is 50.5 Å². The number of likely N-dealkylation sites (tertiary alicyclic amines) is 1. The molecule has 0 unspecified atom stereocenters. The van der Waals surface area contributed by atoms with Crippen LogP contribution < -0.4 is 4.90 Å². The van der Waals surface area contributed by atoms with Crippen molar-refractivity contribution in [3.63, 3.8) is 0 Å². The van der Waals surface area contributed by atoms with E-state index in [0.717, 1.165) is 37.1 Å². The van der Waals surface area contributed by atoms with Gasteiger partial charge in [-0.3, -0.25) is 4.79 Å². The van der Waals surface area contributed by atoms with Gasteiger partial charge in [-0.25, -0.2) is 8.42 Å². The molecule has 0 atom stereocenters. The Balaban J connectivity index is 1.62. The quantitative estimate of drug-likeness (QED) is 0.706. The summed E-state index contributed by atoms with van der Waals surface area (Å²) in [4.78, 5) is 17.8. The molecule has 2 fully saturated rings. The number of hydrogen-bond donors (Lipinski definition) is 0. The highest BCUT2D eigenvalue weighted by Crippen LogP contribution is 2.31. The molecular formula is C24H34N4O3S. The van der Waals surface area contributed by atoms with E-state index in [4.69, 9.17) is 0 Å². The highest BCUT2D eigenvalue weighted by molar-refractivity contribution is 7.89. The van der Waals surface area contributed by atoms with Gasteiger partial charge >= 0.3 is 0 Å². The van der Waals surface area contributed by atoms with Crippen LogP contribution in [0.4, 0.5) is 5.69 Å². The molecular weight excluding hydrogens is 424 g/mol. The number of piperazine rings is 1. The van der Waals surface area contributed by atoms with Gasteiger partial charge in [0.15, 0.2) is 0 Å².